The average molecular weight is 286 g/mol. The van der Waals surface area contributed by atoms with Crippen molar-refractivity contribution in [1.29, 1.82) is 0 Å². The Balaban J connectivity index is 1.74. The number of rotatable bonds is 3. The van der Waals surface area contributed by atoms with Crippen molar-refractivity contribution in [2.24, 2.45) is 5.84 Å². The molecule has 1 aliphatic rings. The molecule has 0 bridgehead atoms. The first-order chi connectivity index (χ1) is 10.2. The summed E-state index contributed by atoms with van der Waals surface area (Å²) in [6.45, 7) is 0. The molecule has 0 aliphatic heterocycles. The van der Waals surface area contributed by atoms with Crippen molar-refractivity contribution >= 4 is 11.7 Å². The highest BCUT2D eigenvalue weighted by molar-refractivity contribution is 5.95. The first-order valence-electron chi connectivity index (χ1n) is 6.68. The molecule has 3 rings (SSSR count). The zero-order chi connectivity index (χ0) is 14.8. The molecule has 1 aromatic carbocycles. The third kappa shape index (κ3) is 2.57. The van der Waals surface area contributed by atoms with E-state index in [2.05, 4.69) is 15.7 Å². The number of hydrazine groups is 1. The van der Waals surface area contributed by atoms with Crippen LogP contribution in [0.2, 0.25) is 0 Å². The molecule has 1 aromatic heterocycles. The number of carbonyl (C=O) groups is 1. The lowest BCUT2D eigenvalue weighted by molar-refractivity contribution is 0.0934. The summed E-state index contributed by atoms with van der Waals surface area (Å²) in [7, 11) is 0. The predicted molar refractivity (Wildman–Crippen MR) is 77.1 cm³/mol. The molecule has 0 saturated carbocycles. The molecule has 5 nitrogen and oxygen atoms in total. The molecule has 4 N–H and O–H groups in total. The van der Waals surface area contributed by atoms with Crippen LogP contribution in [0.25, 0.3) is 0 Å². The van der Waals surface area contributed by atoms with Gasteiger partial charge in [0.2, 0.25) is 0 Å². The standard InChI is InChI=1S/C15H15FN4O/c16-13-12(5-6-18-14(13)20-17)15(21)19-11-7-9-3-1-2-4-10(9)8-11/h1-6,11H,7-8,17H2,(H,18,20)(H,19,21). The molecule has 0 fully saturated rings. The lowest BCUT2D eigenvalue weighted by atomic mass is 10.1. The summed E-state index contributed by atoms with van der Waals surface area (Å²) in [4.78, 5) is 15.9. The van der Waals surface area contributed by atoms with E-state index in [0.29, 0.717) is 0 Å². The Bertz CT molecular complexity index is 664. The van der Waals surface area contributed by atoms with Crippen LogP contribution in [0.15, 0.2) is 36.5 Å². The molecular weight excluding hydrogens is 271 g/mol. The summed E-state index contributed by atoms with van der Waals surface area (Å²) in [5.41, 5.74) is 4.52. The van der Waals surface area contributed by atoms with Crippen molar-refractivity contribution in [2.75, 3.05) is 5.43 Å². The predicted octanol–water partition coefficient (Wildman–Crippen LogP) is 1.40. The van der Waals surface area contributed by atoms with Crippen LogP contribution < -0.4 is 16.6 Å². The van der Waals surface area contributed by atoms with Crippen LogP contribution in [0.3, 0.4) is 0 Å². The van der Waals surface area contributed by atoms with Gasteiger partial charge in [0.15, 0.2) is 11.6 Å². The molecule has 1 aliphatic carbocycles. The SMILES string of the molecule is NNc1nccc(C(=O)NC2Cc3ccccc3C2)c1F. The van der Waals surface area contributed by atoms with E-state index in [1.54, 1.807) is 0 Å². The quantitative estimate of drug-likeness (QED) is 0.588. The third-order valence-corrected chi connectivity index (χ3v) is 3.66. The first kappa shape index (κ1) is 13.5. The van der Waals surface area contributed by atoms with Crippen LogP contribution in [0.1, 0.15) is 21.5 Å². The monoisotopic (exact) mass is 286 g/mol. The van der Waals surface area contributed by atoms with Crippen LogP contribution in [-0.2, 0) is 12.8 Å². The minimum Gasteiger partial charge on any atom is -0.349 e. The summed E-state index contributed by atoms with van der Waals surface area (Å²) in [5, 5.41) is 2.86. The van der Waals surface area contributed by atoms with E-state index in [-0.39, 0.29) is 17.4 Å². The Morgan fingerprint density at radius 2 is 1.90 bits per heavy atom. The van der Waals surface area contributed by atoms with Crippen molar-refractivity contribution < 1.29 is 9.18 Å². The number of fused-ring (bicyclic) bond motifs is 1. The Kier molecular flexibility index (Phi) is 3.53. The van der Waals surface area contributed by atoms with Crippen molar-refractivity contribution in [2.45, 2.75) is 18.9 Å². The van der Waals surface area contributed by atoms with Gasteiger partial charge in [-0.1, -0.05) is 24.3 Å². The minimum atomic E-state index is -0.743. The van der Waals surface area contributed by atoms with Gasteiger partial charge in [-0.05, 0) is 30.0 Å². The number of benzene rings is 1. The molecule has 0 spiro atoms. The number of carbonyl (C=O) groups excluding carboxylic acids is 1. The maximum Gasteiger partial charge on any atom is 0.254 e. The maximum atomic E-state index is 14.0. The highest BCUT2D eigenvalue weighted by atomic mass is 19.1. The van der Waals surface area contributed by atoms with Crippen molar-refractivity contribution in [3.05, 3.63) is 59.0 Å². The Morgan fingerprint density at radius 3 is 2.52 bits per heavy atom. The molecule has 0 atom stereocenters. The summed E-state index contributed by atoms with van der Waals surface area (Å²) >= 11 is 0. The van der Waals surface area contributed by atoms with E-state index in [9.17, 15) is 9.18 Å². The summed E-state index contributed by atoms with van der Waals surface area (Å²) in [6, 6.07) is 9.37. The second-order valence-electron chi connectivity index (χ2n) is 5.01. The average Bonchev–Trinajstić information content (AvgIpc) is 2.89. The first-order valence-corrected chi connectivity index (χ1v) is 6.68. The van der Waals surface area contributed by atoms with Gasteiger partial charge in [-0.2, -0.15) is 0 Å². The number of hydrogen-bond donors (Lipinski definition) is 3. The number of hydrogen-bond acceptors (Lipinski definition) is 4. The lowest BCUT2D eigenvalue weighted by Gasteiger charge is -2.13. The fraction of sp³-hybridized carbons (Fsp3) is 0.200. The van der Waals surface area contributed by atoms with Crippen molar-refractivity contribution in [3.8, 4) is 0 Å². The second kappa shape index (κ2) is 5.49. The Hall–Kier alpha value is -2.47. The van der Waals surface area contributed by atoms with Gasteiger partial charge in [0, 0.05) is 12.2 Å². The zero-order valence-electron chi connectivity index (χ0n) is 11.3. The van der Waals surface area contributed by atoms with E-state index in [1.807, 2.05) is 24.3 Å². The van der Waals surface area contributed by atoms with E-state index in [0.717, 1.165) is 12.8 Å². The minimum absolute atomic E-state index is 0.0169. The van der Waals surface area contributed by atoms with Gasteiger partial charge in [0.1, 0.15) is 0 Å². The fourth-order valence-corrected chi connectivity index (χ4v) is 2.64. The number of pyridine rings is 1. The normalized spacial score (nSPS) is 13.8. The van der Waals surface area contributed by atoms with Crippen LogP contribution in [0.4, 0.5) is 10.2 Å². The number of nitrogens with two attached hydrogens (primary N) is 1. The molecule has 0 saturated heterocycles. The molecule has 1 heterocycles. The van der Waals surface area contributed by atoms with Crippen LogP contribution in [0, 0.1) is 5.82 Å². The molecule has 21 heavy (non-hydrogen) atoms. The molecule has 108 valence electrons. The van der Waals surface area contributed by atoms with E-state index < -0.39 is 11.7 Å². The summed E-state index contributed by atoms with van der Waals surface area (Å²) < 4.78 is 14.0. The van der Waals surface area contributed by atoms with Gasteiger partial charge in [0.25, 0.3) is 5.91 Å². The number of nitrogens with one attached hydrogen (secondary N) is 2. The highest BCUT2D eigenvalue weighted by Crippen LogP contribution is 2.22. The van der Waals surface area contributed by atoms with Gasteiger partial charge < -0.3 is 10.7 Å². The number of anilines is 1. The van der Waals surface area contributed by atoms with Gasteiger partial charge in [0.05, 0.1) is 5.56 Å². The fourth-order valence-electron chi connectivity index (χ4n) is 2.64. The second-order valence-corrected chi connectivity index (χ2v) is 5.01. The molecule has 0 unspecified atom stereocenters. The van der Waals surface area contributed by atoms with Crippen molar-refractivity contribution in [3.63, 3.8) is 0 Å². The molecule has 2 aromatic rings. The van der Waals surface area contributed by atoms with Crippen LogP contribution >= 0.6 is 0 Å². The molecule has 6 heteroatoms. The molecule has 0 radical (unpaired) electrons. The van der Waals surface area contributed by atoms with Crippen LogP contribution in [0.5, 0.6) is 0 Å². The largest absolute Gasteiger partial charge is 0.349 e. The van der Waals surface area contributed by atoms with E-state index >= 15 is 0 Å². The van der Waals surface area contributed by atoms with E-state index in [1.165, 1.54) is 23.4 Å². The number of amides is 1. The van der Waals surface area contributed by atoms with E-state index in [4.69, 9.17) is 5.84 Å². The van der Waals surface area contributed by atoms with Gasteiger partial charge in [-0.25, -0.2) is 15.2 Å². The number of nitrogen functional groups attached to an aromatic ring is 1. The van der Waals surface area contributed by atoms with Gasteiger partial charge in [-0.3, -0.25) is 4.79 Å². The molecular formula is C15H15FN4O. The Morgan fingerprint density at radius 1 is 1.24 bits per heavy atom. The number of aromatic nitrogens is 1. The lowest BCUT2D eigenvalue weighted by Crippen LogP contribution is -2.36. The number of halogens is 1. The van der Waals surface area contributed by atoms with Gasteiger partial charge in [-0.15, -0.1) is 0 Å². The zero-order valence-corrected chi connectivity index (χ0v) is 11.3. The highest BCUT2D eigenvalue weighted by Gasteiger charge is 2.24. The van der Waals surface area contributed by atoms with Crippen LogP contribution in [-0.4, -0.2) is 16.9 Å². The smallest absolute Gasteiger partial charge is 0.254 e. The third-order valence-electron chi connectivity index (χ3n) is 3.66. The summed E-state index contributed by atoms with van der Waals surface area (Å²) in [5.74, 6) is 3.82. The van der Waals surface area contributed by atoms with Crippen molar-refractivity contribution in [1.82, 2.24) is 10.3 Å². The topological polar surface area (TPSA) is 80.0 Å². The van der Waals surface area contributed by atoms with Gasteiger partial charge >= 0.3 is 0 Å². The summed E-state index contributed by atoms with van der Waals surface area (Å²) in [6.07, 6.45) is 2.86. The molecule has 1 amide bonds. The maximum absolute atomic E-state index is 14.0. The number of nitrogens with zero attached hydrogens (tertiary/aromatic N) is 1. The Labute approximate surface area is 121 Å².